The van der Waals surface area contributed by atoms with E-state index < -0.39 is 23.0 Å². The summed E-state index contributed by atoms with van der Waals surface area (Å²) in [6.45, 7) is 7.99. The van der Waals surface area contributed by atoms with E-state index in [0.717, 1.165) is 31.3 Å². The van der Waals surface area contributed by atoms with E-state index in [9.17, 15) is 9.59 Å². The van der Waals surface area contributed by atoms with Gasteiger partial charge in [0.2, 0.25) is 0 Å². The highest BCUT2D eigenvalue weighted by atomic mass is 16.6. The number of esters is 2. The molecule has 2 aliphatic rings. The fraction of sp³-hybridized carbons (Fsp3) is 0.765. The van der Waals surface area contributed by atoms with Gasteiger partial charge in [0, 0.05) is 5.92 Å². The molecule has 4 heteroatoms. The summed E-state index contributed by atoms with van der Waals surface area (Å²) in [5, 5.41) is 0. The Kier molecular flexibility index (Phi) is 4.45. The third kappa shape index (κ3) is 2.72. The molecule has 0 bridgehead atoms. The van der Waals surface area contributed by atoms with Crippen LogP contribution in [0.2, 0.25) is 0 Å². The van der Waals surface area contributed by atoms with Gasteiger partial charge < -0.3 is 9.47 Å². The van der Waals surface area contributed by atoms with E-state index in [4.69, 9.17) is 9.47 Å². The van der Waals surface area contributed by atoms with Crippen molar-refractivity contribution in [1.82, 2.24) is 0 Å². The number of rotatable bonds is 6. The lowest BCUT2D eigenvalue weighted by atomic mass is 9.91. The van der Waals surface area contributed by atoms with E-state index in [1.807, 2.05) is 13.8 Å². The van der Waals surface area contributed by atoms with Crippen molar-refractivity contribution in [2.45, 2.75) is 65.4 Å². The number of hydrogen-bond donors (Lipinski definition) is 0. The van der Waals surface area contributed by atoms with Crippen LogP contribution in [0.5, 0.6) is 0 Å². The molecule has 0 aromatic heterocycles. The Balaban J connectivity index is 2.21. The molecule has 0 amide bonds. The fourth-order valence-corrected chi connectivity index (χ4v) is 3.35. The van der Waals surface area contributed by atoms with E-state index in [2.05, 4.69) is 13.0 Å². The lowest BCUT2D eigenvalue weighted by Gasteiger charge is -2.31. The lowest BCUT2D eigenvalue weighted by Crippen LogP contribution is -2.43. The fourth-order valence-electron chi connectivity index (χ4n) is 3.35. The summed E-state index contributed by atoms with van der Waals surface area (Å²) in [4.78, 5) is 24.7. The van der Waals surface area contributed by atoms with E-state index in [-0.39, 0.29) is 12.5 Å². The average Bonchev–Trinajstić information content (AvgIpc) is 3.02. The molecule has 1 aliphatic heterocycles. The van der Waals surface area contributed by atoms with E-state index >= 15 is 0 Å². The highest BCUT2D eigenvalue weighted by Crippen LogP contribution is 2.66. The van der Waals surface area contributed by atoms with Crippen molar-refractivity contribution >= 4 is 11.9 Å². The summed E-state index contributed by atoms with van der Waals surface area (Å²) in [5.74, 6) is -0.893. The molecule has 0 aromatic carbocycles. The van der Waals surface area contributed by atoms with Crippen LogP contribution in [0.25, 0.3) is 0 Å². The first-order valence-electron chi connectivity index (χ1n) is 8.01. The molecule has 4 nitrogen and oxygen atoms in total. The number of fused-ring (bicyclic) bond motifs is 1. The maximum atomic E-state index is 12.4. The molecule has 1 heterocycles. The second-order valence-corrected chi connectivity index (χ2v) is 6.59. The van der Waals surface area contributed by atoms with Crippen molar-refractivity contribution in [3.63, 3.8) is 0 Å². The topological polar surface area (TPSA) is 52.6 Å². The van der Waals surface area contributed by atoms with E-state index in [0.29, 0.717) is 6.42 Å². The lowest BCUT2D eigenvalue weighted by molar-refractivity contribution is -0.180. The maximum absolute atomic E-state index is 12.4. The first kappa shape index (κ1) is 16.1. The summed E-state index contributed by atoms with van der Waals surface area (Å²) in [7, 11) is 0. The Morgan fingerprint density at radius 3 is 2.71 bits per heavy atom. The van der Waals surface area contributed by atoms with Gasteiger partial charge in [-0.15, -0.1) is 0 Å². The Hall–Kier alpha value is -1.32. The zero-order valence-electron chi connectivity index (χ0n) is 13.5. The van der Waals surface area contributed by atoms with Crippen LogP contribution in [-0.2, 0) is 19.1 Å². The standard InChI is InChI=1S/C17H26O4/c1-5-7-8-9-10-12-13-11-16(3,4)21-15(19)17(12,13)14(18)20-6-2/h10,13H,5-9,11H2,1-4H3/b12-10+/t13-,17+/m0/s1. The van der Waals surface area contributed by atoms with Crippen LogP contribution in [0.4, 0.5) is 0 Å². The first-order valence-corrected chi connectivity index (χ1v) is 8.01. The summed E-state index contributed by atoms with van der Waals surface area (Å²) in [6.07, 6.45) is 7.08. The number of cyclic esters (lactones) is 1. The molecule has 1 aliphatic carbocycles. The number of hydrogen-bond acceptors (Lipinski definition) is 4. The van der Waals surface area contributed by atoms with Gasteiger partial charge in [-0.05, 0) is 45.6 Å². The summed E-state index contributed by atoms with van der Waals surface area (Å²) in [6, 6.07) is 0. The Morgan fingerprint density at radius 2 is 2.10 bits per heavy atom. The summed E-state index contributed by atoms with van der Waals surface area (Å²) in [5.41, 5.74) is -0.707. The second kappa shape index (κ2) is 5.82. The van der Waals surface area contributed by atoms with Gasteiger partial charge in [-0.3, -0.25) is 9.59 Å². The van der Waals surface area contributed by atoms with Crippen molar-refractivity contribution in [2.24, 2.45) is 11.3 Å². The van der Waals surface area contributed by atoms with Crippen LogP contribution in [0.15, 0.2) is 11.6 Å². The van der Waals surface area contributed by atoms with Crippen molar-refractivity contribution in [3.8, 4) is 0 Å². The van der Waals surface area contributed by atoms with Gasteiger partial charge in [-0.25, -0.2) is 0 Å². The third-order valence-electron chi connectivity index (χ3n) is 4.43. The van der Waals surface area contributed by atoms with Gasteiger partial charge >= 0.3 is 11.9 Å². The monoisotopic (exact) mass is 294 g/mol. The molecule has 118 valence electrons. The van der Waals surface area contributed by atoms with Gasteiger partial charge in [-0.1, -0.05) is 25.8 Å². The first-order chi connectivity index (χ1) is 9.90. The minimum Gasteiger partial charge on any atom is -0.465 e. The van der Waals surface area contributed by atoms with Gasteiger partial charge in [0.15, 0.2) is 5.41 Å². The van der Waals surface area contributed by atoms with Gasteiger partial charge in [0.05, 0.1) is 6.61 Å². The molecule has 1 saturated heterocycles. The summed E-state index contributed by atoms with van der Waals surface area (Å²) >= 11 is 0. The highest BCUT2D eigenvalue weighted by molar-refractivity contribution is 6.10. The number of carbonyl (C=O) groups is 2. The minimum atomic E-state index is -1.13. The molecule has 2 atom stereocenters. The molecule has 0 aromatic rings. The smallest absolute Gasteiger partial charge is 0.328 e. The SMILES string of the molecule is CCCCC/C=C1\[C@@H]2CC(C)(C)OC(=O)[C@]12C(=O)OCC. The van der Waals surface area contributed by atoms with Crippen LogP contribution in [0, 0.1) is 11.3 Å². The van der Waals surface area contributed by atoms with Crippen LogP contribution < -0.4 is 0 Å². The number of carbonyl (C=O) groups excluding carboxylic acids is 2. The molecule has 2 fully saturated rings. The second-order valence-electron chi connectivity index (χ2n) is 6.59. The molecule has 1 saturated carbocycles. The average molecular weight is 294 g/mol. The molecule has 0 spiro atoms. The molecular weight excluding hydrogens is 268 g/mol. The third-order valence-corrected chi connectivity index (χ3v) is 4.43. The normalized spacial score (nSPS) is 31.5. The van der Waals surface area contributed by atoms with Crippen molar-refractivity contribution < 1.29 is 19.1 Å². The minimum absolute atomic E-state index is 0.0329. The molecule has 0 N–H and O–H groups in total. The van der Waals surface area contributed by atoms with Gasteiger partial charge in [-0.2, -0.15) is 0 Å². The Labute approximate surface area is 126 Å². The zero-order valence-corrected chi connectivity index (χ0v) is 13.5. The maximum Gasteiger partial charge on any atom is 0.328 e. The van der Waals surface area contributed by atoms with Crippen LogP contribution in [0.3, 0.4) is 0 Å². The molecule has 21 heavy (non-hydrogen) atoms. The Bertz CT molecular complexity index is 463. The highest BCUT2D eigenvalue weighted by Gasteiger charge is 2.75. The van der Waals surface area contributed by atoms with Gasteiger partial charge in [0.1, 0.15) is 5.60 Å². The predicted molar refractivity (Wildman–Crippen MR) is 79.6 cm³/mol. The van der Waals surface area contributed by atoms with E-state index in [1.165, 1.54) is 0 Å². The van der Waals surface area contributed by atoms with Gasteiger partial charge in [0.25, 0.3) is 0 Å². The van der Waals surface area contributed by atoms with Crippen molar-refractivity contribution in [3.05, 3.63) is 11.6 Å². The molecule has 2 rings (SSSR count). The number of unbranched alkanes of at least 4 members (excludes halogenated alkanes) is 3. The molecular formula is C17H26O4. The predicted octanol–water partition coefficient (Wildman–Crippen LogP) is 3.40. The number of ether oxygens (including phenoxy) is 2. The van der Waals surface area contributed by atoms with E-state index in [1.54, 1.807) is 6.92 Å². The Morgan fingerprint density at radius 1 is 1.38 bits per heavy atom. The number of allylic oxidation sites excluding steroid dienone is 1. The quantitative estimate of drug-likeness (QED) is 0.326. The molecule has 0 radical (unpaired) electrons. The molecule has 0 unspecified atom stereocenters. The van der Waals surface area contributed by atoms with Crippen LogP contribution in [0.1, 0.15) is 59.8 Å². The van der Waals surface area contributed by atoms with Crippen LogP contribution in [-0.4, -0.2) is 24.1 Å². The summed E-state index contributed by atoms with van der Waals surface area (Å²) < 4.78 is 10.6. The van der Waals surface area contributed by atoms with Crippen LogP contribution >= 0.6 is 0 Å². The zero-order chi connectivity index (χ0) is 15.7. The van der Waals surface area contributed by atoms with Crippen molar-refractivity contribution in [2.75, 3.05) is 6.61 Å². The van der Waals surface area contributed by atoms with Crippen molar-refractivity contribution in [1.29, 1.82) is 0 Å². The largest absolute Gasteiger partial charge is 0.465 e.